The van der Waals surface area contributed by atoms with Gasteiger partial charge >= 0.3 is 11.8 Å². The van der Waals surface area contributed by atoms with Crippen molar-refractivity contribution in [3.63, 3.8) is 0 Å². The fourth-order valence-corrected chi connectivity index (χ4v) is 2.73. The van der Waals surface area contributed by atoms with Gasteiger partial charge in [0, 0.05) is 18.5 Å². The molecule has 26 heavy (non-hydrogen) atoms. The fraction of sp³-hybridized carbons (Fsp3) is 0.353. The van der Waals surface area contributed by atoms with Gasteiger partial charge in [-0.3, -0.25) is 9.36 Å². The van der Waals surface area contributed by atoms with Gasteiger partial charge in [-0.05, 0) is 44.4 Å². The fourth-order valence-electron chi connectivity index (χ4n) is 2.73. The highest BCUT2D eigenvalue weighted by Gasteiger charge is 2.19. The zero-order chi connectivity index (χ0) is 19.8. The summed E-state index contributed by atoms with van der Waals surface area (Å²) < 4.78 is 39.0. The smallest absolute Gasteiger partial charge is 0.352 e. The normalized spacial score (nSPS) is 10.9. The maximum atomic E-state index is 13.0. The van der Waals surface area contributed by atoms with Crippen molar-refractivity contribution >= 4 is 0 Å². The Hall–Kier alpha value is -2.84. The second-order valence-corrected chi connectivity index (χ2v) is 5.94. The van der Waals surface area contributed by atoms with Gasteiger partial charge in [-0.2, -0.15) is 18.6 Å². The molecule has 0 bridgehead atoms. The monoisotopic (exact) mass is 369 g/mol. The molecule has 1 heterocycles. The first-order valence-corrected chi connectivity index (χ1v) is 7.76. The van der Waals surface area contributed by atoms with Crippen LogP contribution in [0, 0.1) is 27.7 Å². The molecule has 2 rings (SSSR count). The van der Waals surface area contributed by atoms with Gasteiger partial charge in [-0.15, -0.1) is 0 Å². The molecule has 0 aliphatic rings. The third-order valence-corrected chi connectivity index (χ3v) is 4.48. The highest BCUT2D eigenvalue weighted by molar-refractivity contribution is 5.60. The number of hydrogen-bond acceptors (Lipinski definition) is 4. The molecule has 0 saturated carbocycles. The number of aromatic nitrogens is 3. The predicted octanol–water partition coefficient (Wildman–Crippen LogP) is 2.80. The van der Waals surface area contributed by atoms with Crippen LogP contribution in [-0.4, -0.2) is 19.5 Å². The predicted molar refractivity (Wildman–Crippen MR) is 89.7 cm³/mol. The topological polar surface area (TPSA) is 77.1 Å². The number of allylic oxidation sites excluding steroid dienone is 1. The van der Waals surface area contributed by atoms with E-state index in [-0.39, 0.29) is 11.4 Å². The Balaban J connectivity index is 2.68. The first kappa shape index (κ1) is 19.5. The van der Waals surface area contributed by atoms with E-state index in [1.54, 1.807) is 27.7 Å². The van der Waals surface area contributed by atoms with E-state index < -0.39 is 36.1 Å². The Morgan fingerprint density at radius 2 is 1.65 bits per heavy atom. The molecule has 0 radical (unpaired) electrons. The Labute approximate surface area is 146 Å². The van der Waals surface area contributed by atoms with E-state index >= 15 is 0 Å². The van der Waals surface area contributed by atoms with E-state index in [1.807, 2.05) is 0 Å². The largest absolute Gasteiger partial charge is 0.507 e. The van der Waals surface area contributed by atoms with Crippen LogP contribution in [0.1, 0.15) is 28.7 Å². The molecule has 1 aromatic carbocycles. The molecular weight excluding hydrogens is 351 g/mol. The summed E-state index contributed by atoms with van der Waals surface area (Å²) >= 11 is 0. The lowest BCUT2D eigenvalue weighted by atomic mass is 9.97. The first-order chi connectivity index (χ1) is 12.1. The maximum Gasteiger partial charge on any atom is 0.352 e. The molecule has 0 aliphatic heterocycles. The van der Waals surface area contributed by atoms with Crippen molar-refractivity contribution in [2.75, 3.05) is 0 Å². The summed E-state index contributed by atoms with van der Waals surface area (Å²) in [6, 6.07) is 0. The van der Waals surface area contributed by atoms with Crippen molar-refractivity contribution < 1.29 is 18.3 Å². The molecule has 0 amide bonds. The number of nitrogens with zero attached hydrogens (tertiary/aromatic N) is 3. The van der Waals surface area contributed by atoms with E-state index in [0.29, 0.717) is 21.3 Å². The molecule has 0 aliphatic carbocycles. The SMILES string of the molecule is Cc1c(C)c(O)c(C)c(-n2ncc(=O)n(CCC(F)=C(F)F)c2=O)c1C. The van der Waals surface area contributed by atoms with Gasteiger partial charge < -0.3 is 5.11 Å². The highest BCUT2D eigenvalue weighted by atomic mass is 19.3. The third kappa shape index (κ3) is 3.29. The standard InChI is InChI=1S/C17H18F3N3O3/c1-8-9(2)14(11(4)15(25)10(8)3)23-17(26)22(13(24)7-21-23)6-5-12(18)16(19)20/h7,25H,5-6H2,1-4H3. The van der Waals surface area contributed by atoms with Crippen LogP contribution >= 0.6 is 0 Å². The molecule has 0 spiro atoms. The van der Waals surface area contributed by atoms with Crippen LogP contribution < -0.4 is 11.2 Å². The molecular formula is C17H18F3N3O3. The Kier molecular flexibility index (Phi) is 5.38. The molecule has 1 N–H and O–H groups in total. The van der Waals surface area contributed by atoms with Crippen LogP contribution in [0.5, 0.6) is 5.75 Å². The zero-order valence-corrected chi connectivity index (χ0v) is 14.7. The third-order valence-electron chi connectivity index (χ3n) is 4.48. The van der Waals surface area contributed by atoms with Crippen molar-refractivity contribution in [1.29, 1.82) is 0 Å². The molecule has 6 nitrogen and oxygen atoms in total. The molecule has 0 atom stereocenters. The van der Waals surface area contributed by atoms with Gasteiger partial charge in [0.2, 0.25) is 0 Å². The average Bonchev–Trinajstić information content (AvgIpc) is 2.59. The van der Waals surface area contributed by atoms with Crippen molar-refractivity contribution in [2.45, 2.75) is 40.7 Å². The molecule has 2 aromatic rings. The van der Waals surface area contributed by atoms with Crippen molar-refractivity contribution in [3.05, 3.63) is 61.2 Å². The van der Waals surface area contributed by atoms with Crippen LogP contribution in [0.2, 0.25) is 0 Å². The average molecular weight is 369 g/mol. The summed E-state index contributed by atoms with van der Waals surface area (Å²) in [5, 5.41) is 14.1. The number of hydrogen-bond donors (Lipinski definition) is 1. The minimum Gasteiger partial charge on any atom is -0.507 e. The summed E-state index contributed by atoms with van der Waals surface area (Å²) in [7, 11) is 0. The number of phenolic OH excluding ortho intramolecular Hbond substituents is 1. The van der Waals surface area contributed by atoms with Gasteiger partial charge in [-0.1, -0.05) is 0 Å². The van der Waals surface area contributed by atoms with Crippen LogP contribution in [0.25, 0.3) is 5.69 Å². The van der Waals surface area contributed by atoms with Gasteiger partial charge in [-0.25, -0.2) is 9.18 Å². The molecule has 1 aromatic heterocycles. The minimum atomic E-state index is -2.49. The Bertz CT molecular complexity index is 989. The van der Waals surface area contributed by atoms with Gasteiger partial charge in [0.15, 0.2) is 5.83 Å². The van der Waals surface area contributed by atoms with Crippen molar-refractivity contribution in [2.24, 2.45) is 0 Å². The molecule has 140 valence electrons. The first-order valence-electron chi connectivity index (χ1n) is 7.76. The summed E-state index contributed by atoms with van der Waals surface area (Å²) in [4.78, 5) is 24.5. The second-order valence-electron chi connectivity index (χ2n) is 5.94. The van der Waals surface area contributed by atoms with E-state index in [4.69, 9.17) is 0 Å². The summed E-state index contributed by atoms with van der Waals surface area (Å²) in [5.41, 5.74) is 0.987. The highest BCUT2D eigenvalue weighted by Crippen LogP contribution is 2.32. The number of halogens is 3. The number of aromatic hydroxyl groups is 1. The lowest BCUT2D eigenvalue weighted by molar-refractivity contribution is 0.364. The Morgan fingerprint density at radius 1 is 1.04 bits per heavy atom. The summed E-state index contributed by atoms with van der Waals surface area (Å²) in [5.74, 6) is -1.70. The molecule has 0 saturated heterocycles. The van der Waals surface area contributed by atoms with Crippen molar-refractivity contribution in [1.82, 2.24) is 14.3 Å². The maximum absolute atomic E-state index is 13.0. The van der Waals surface area contributed by atoms with Gasteiger partial charge in [0.25, 0.3) is 5.56 Å². The van der Waals surface area contributed by atoms with E-state index in [0.717, 1.165) is 16.4 Å². The van der Waals surface area contributed by atoms with Crippen LogP contribution in [-0.2, 0) is 6.54 Å². The van der Waals surface area contributed by atoms with Crippen molar-refractivity contribution in [3.8, 4) is 11.4 Å². The van der Waals surface area contributed by atoms with E-state index in [1.165, 1.54) is 0 Å². The van der Waals surface area contributed by atoms with Crippen LogP contribution in [0.15, 0.2) is 27.7 Å². The van der Waals surface area contributed by atoms with E-state index in [2.05, 4.69) is 5.10 Å². The summed E-state index contributed by atoms with van der Waals surface area (Å²) in [6.45, 7) is 6.26. The summed E-state index contributed by atoms with van der Waals surface area (Å²) in [6.07, 6.45) is -2.43. The quantitative estimate of drug-likeness (QED) is 0.899. The van der Waals surface area contributed by atoms with Gasteiger partial charge in [0.1, 0.15) is 11.9 Å². The number of benzene rings is 1. The Morgan fingerprint density at radius 3 is 2.23 bits per heavy atom. The lowest BCUT2D eigenvalue weighted by Crippen LogP contribution is -2.40. The molecule has 0 fully saturated rings. The lowest BCUT2D eigenvalue weighted by Gasteiger charge is -2.18. The van der Waals surface area contributed by atoms with Crippen LogP contribution in [0.4, 0.5) is 13.2 Å². The minimum absolute atomic E-state index is 0.0111. The number of rotatable bonds is 4. The molecule has 9 heteroatoms. The second kappa shape index (κ2) is 7.19. The molecule has 0 unspecified atom stereocenters. The zero-order valence-electron chi connectivity index (χ0n) is 14.7. The van der Waals surface area contributed by atoms with Gasteiger partial charge in [0.05, 0.1) is 5.69 Å². The van der Waals surface area contributed by atoms with Crippen LogP contribution in [0.3, 0.4) is 0 Å². The van der Waals surface area contributed by atoms with E-state index in [9.17, 15) is 27.9 Å². The number of phenols is 1.